The largest absolute Gasteiger partial charge is 0.480 e. The molecular formula is C12H23ClN2O3. The van der Waals surface area contributed by atoms with Gasteiger partial charge in [0.2, 0.25) is 5.91 Å². The minimum absolute atomic E-state index is 0. The van der Waals surface area contributed by atoms with Crippen molar-refractivity contribution in [3.63, 3.8) is 0 Å². The molecule has 1 fully saturated rings. The van der Waals surface area contributed by atoms with E-state index >= 15 is 0 Å². The molecule has 2 N–H and O–H groups in total. The Balaban J connectivity index is 0.00000289. The van der Waals surface area contributed by atoms with E-state index in [0.717, 1.165) is 12.8 Å². The maximum absolute atomic E-state index is 11.6. The molecule has 0 saturated carbocycles. The average Bonchev–Trinajstić information content (AvgIpc) is 2.27. The number of halogens is 1. The first-order valence-corrected chi connectivity index (χ1v) is 6.24. The fraction of sp³-hybridized carbons (Fsp3) is 0.833. The van der Waals surface area contributed by atoms with Crippen LogP contribution in [0.1, 0.15) is 33.1 Å². The van der Waals surface area contributed by atoms with Crippen LogP contribution in [0.15, 0.2) is 0 Å². The van der Waals surface area contributed by atoms with Crippen molar-refractivity contribution in [3.05, 3.63) is 0 Å². The number of nitrogens with zero attached hydrogens (tertiary/aromatic N) is 1. The third-order valence-electron chi connectivity index (χ3n) is 2.95. The SMILES string of the molecule is CC(C)CNC(=O)CN1CCCCC1C(=O)O.Cl. The van der Waals surface area contributed by atoms with E-state index in [1.807, 2.05) is 13.8 Å². The van der Waals surface area contributed by atoms with Crippen molar-refractivity contribution in [2.45, 2.75) is 39.2 Å². The van der Waals surface area contributed by atoms with Crippen LogP contribution in [0.2, 0.25) is 0 Å². The summed E-state index contributed by atoms with van der Waals surface area (Å²) in [6.45, 7) is 5.60. The second-order valence-electron chi connectivity index (χ2n) is 5.02. The highest BCUT2D eigenvalue weighted by Gasteiger charge is 2.29. The number of carboxylic acids is 1. The van der Waals surface area contributed by atoms with Crippen LogP contribution in [0.5, 0.6) is 0 Å². The topological polar surface area (TPSA) is 69.6 Å². The number of carbonyl (C=O) groups excluding carboxylic acids is 1. The van der Waals surface area contributed by atoms with Crippen LogP contribution in [0.25, 0.3) is 0 Å². The Hall–Kier alpha value is -0.810. The molecule has 0 bridgehead atoms. The third-order valence-corrected chi connectivity index (χ3v) is 2.95. The molecule has 0 aromatic rings. The molecule has 1 aliphatic heterocycles. The molecular weight excluding hydrogens is 256 g/mol. The molecule has 1 rings (SSSR count). The van der Waals surface area contributed by atoms with Gasteiger partial charge in [-0.05, 0) is 25.3 Å². The van der Waals surface area contributed by atoms with Crippen LogP contribution in [-0.2, 0) is 9.59 Å². The first-order valence-electron chi connectivity index (χ1n) is 6.24. The second-order valence-corrected chi connectivity index (χ2v) is 5.02. The number of hydrogen-bond acceptors (Lipinski definition) is 3. The molecule has 1 unspecified atom stereocenters. The lowest BCUT2D eigenvalue weighted by molar-refractivity contribution is -0.145. The number of nitrogens with one attached hydrogen (secondary N) is 1. The highest BCUT2D eigenvalue weighted by atomic mass is 35.5. The number of rotatable bonds is 5. The van der Waals surface area contributed by atoms with E-state index < -0.39 is 12.0 Å². The maximum Gasteiger partial charge on any atom is 0.320 e. The van der Waals surface area contributed by atoms with Gasteiger partial charge in [0.1, 0.15) is 6.04 Å². The van der Waals surface area contributed by atoms with E-state index in [4.69, 9.17) is 5.11 Å². The van der Waals surface area contributed by atoms with Gasteiger partial charge in [0.25, 0.3) is 0 Å². The second kappa shape index (κ2) is 8.32. The summed E-state index contributed by atoms with van der Waals surface area (Å²) in [7, 11) is 0. The van der Waals surface area contributed by atoms with Gasteiger partial charge in [-0.15, -0.1) is 12.4 Å². The van der Waals surface area contributed by atoms with Crippen LogP contribution in [-0.4, -0.2) is 47.6 Å². The van der Waals surface area contributed by atoms with Gasteiger partial charge in [-0.25, -0.2) is 0 Å². The number of likely N-dealkylation sites (tertiary alicyclic amines) is 1. The molecule has 106 valence electrons. The molecule has 1 amide bonds. The van der Waals surface area contributed by atoms with Gasteiger partial charge in [-0.1, -0.05) is 20.3 Å². The van der Waals surface area contributed by atoms with Crippen molar-refractivity contribution >= 4 is 24.3 Å². The van der Waals surface area contributed by atoms with Gasteiger partial charge in [0.05, 0.1) is 6.54 Å². The summed E-state index contributed by atoms with van der Waals surface area (Å²) in [5.41, 5.74) is 0. The predicted octanol–water partition coefficient (Wildman–Crippen LogP) is 1.12. The molecule has 0 aromatic heterocycles. The summed E-state index contributed by atoms with van der Waals surface area (Å²) < 4.78 is 0. The Labute approximate surface area is 114 Å². The Morgan fingerprint density at radius 3 is 2.61 bits per heavy atom. The van der Waals surface area contributed by atoms with Crippen molar-refractivity contribution in [1.82, 2.24) is 10.2 Å². The minimum atomic E-state index is -0.818. The first kappa shape index (κ1) is 17.2. The molecule has 5 nitrogen and oxygen atoms in total. The summed E-state index contributed by atoms with van der Waals surface area (Å²) in [5, 5.41) is 11.9. The molecule has 0 aliphatic carbocycles. The molecule has 18 heavy (non-hydrogen) atoms. The Kier molecular flexibility index (Phi) is 7.95. The van der Waals surface area contributed by atoms with Gasteiger partial charge >= 0.3 is 5.97 Å². The smallest absolute Gasteiger partial charge is 0.320 e. The molecule has 0 spiro atoms. The molecule has 1 heterocycles. The van der Waals surface area contributed by atoms with Gasteiger partial charge in [-0.2, -0.15) is 0 Å². The maximum atomic E-state index is 11.6. The number of hydrogen-bond donors (Lipinski definition) is 2. The van der Waals surface area contributed by atoms with E-state index in [9.17, 15) is 9.59 Å². The van der Waals surface area contributed by atoms with E-state index in [1.54, 1.807) is 4.90 Å². The fourth-order valence-corrected chi connectivity index (χ4v) is 2.02. The van der Waals surface area contributed by atoms with Crippen molar-refractivity contribution in [2.24, 2.45) is 5.92 Å². The lowest BCUT2D eigenvalue weighted by Gasteiger charge is -2.32. The Morgan fingerprint density at radius 2 is 2.06 bits per heavy atom. The van der Waals surface area contributed by atoms with Crippen LogP contribution < -0.4 is 5.32 Å². The highest BCUT2D eigenvalue weighted by Crippen LogP contribution is 2.16. The van der Waals surface area contributed by atoms with Crippen LogP contribution in [0.3, 0.4) is 0 Å². The Bertz CT molecular complexity index is 284. The summed E-state index contributed by atoms with van der Waals surface area (Å²) in [4.78, 5) is 24.4. The molecule has 1 atom stereocenters. The highest BCUT2D eigenvalue weighted by molar-refractivity contribution is 5.85. The van der Waals surface area contributed by atoms with Crippen LogP contribution in [0.4, 0.5) is 0 Å². The predicted molar refractivity (Wildman–Crippen MR) is 71.9 cm³/mol. The summed E-state index contributed by atoms with van der Waals surface area (Å²) in [6.07, 6.45) is 2.55. The summed E-state index contributed by atoms with van der Waals surface area (Å²) in [6, 6.07) is -0.492. The quantitative estimate of drug-likeness (QED) is 0.791. The lowest BCUT2D eigenvalue weighted by atomic mass is 10.0. The van der Waals surface area contributed by atoms with Gasteiger partial charge in [0.15, 0.2) is 0 Å². The number of aliphatic carboxylic acids is 1. The fourth-order valence-electron chi connectivity index (χ4n) is 2.02. The monoisotopic (exact) mass is 278 g/mol. The van der Waals surface area contributed by atoms with Crippen molar-refractivity contribution < 1.29 is 14.7 Å². The molecule has 6 heteroatoms. The van der Waals surface area contributed by atoms with Crippen molar-refractivity contribution in [3.8, 4) is 0 Å². The molecule has 0 radical (unpaired) electrons. The zero-order valence-corrected chi connectivity index (χ0v) is 11.8. The Morgan fingerprint density at radius 1 is 1.39 bits per heavy atom. The van der Waals surface area contributed by atoms with Gasteiger partial charge < -0.3 is 10.4 Å². The number of amides is 1. The number of carbonyl (C=O) groups is 2. The number of piperidine rings is 1. The van der Waals surface area contributed by atoms with Gasteiger partial charge in [-0.3, -0.25) is 14.5 Å². The summed E-state index contributed by atoms with van der Waals surface area (Å²) >= 11 is 0. The van der Waals surface area contributed by atoms with Crippen molar-refractivity contribution in [1.29, 1.82) is 0 Å². The zero-order valence-electron chi connectivity index (χ0n) is 11.0. The number of carboxylic acid groups (broad SMARTS) is 1. The zero-order chi connectivity index (χ0) is 12.8. The average molecular weight is 279 g/mol. The van der Waals surface area contributed by atoms with E-state index in [-0.39, 0.29) is 24.9 Å². The normalized spacial score (nSPS) is 20.3. The molecule has 0 aromatic carbocycles. The standard InChI is InChI=1S/C12H22N2O3.ClH/c1-9(2)7-13-11(15)8-14-6-4-3-5-10(14)12(16)17;/h9-10H,3-8H2,1-2H3,(H,13,15)(H,16,17);1H. The van der Waals surface area contributed by atoms with E-state index in [0.29, 0.717) is 25.4 Å². The first-order chi connectivity index (χ1) is 8.00. The minimum Gasteiger partial charge on any atom is -0.480 e. The molecule has 1 aliphatic rings. The molecule has 1 saturated heterocycles. The van der Waals surface area contributed by atoms with E-state index in [2.05, 4.69) is 5.32 Å². The van der Waals surface area contributed by atoms with Crippen molar-refractivity contribution in [2.75, 3.05) is 19.6 Å². The van der Waals surface area contributed by atoms with Gasteiger partial charge in [0, 0.05) is 6.54 Å². The van der Waals surface area contributed by atoms with Crippen LogP contribution >= 0.6 is 12.4 Å². The summed E-state index contributed by atoms with van der Waals surface area (Å²) in [5.74, 6) is -0.483. The van der Waals surface area contributed by atoms with Crippen LogP contribution in [0, 0.1) is 5.92 Å². The lowest BCUT2D eigenvalue weighted by Crippen LogP contribution is -2.49. The third kappa shape index (κ3) is 5.69. The van der Waals surface area contributed by atoms with E-state index in [1.165, 1.54) is 0 Å².